The van der Waals surface area contributed by atoms with Crippen molar-refractivity contribution >= 4 is 27.4 Å². The molecule has 2 aromatic carbocycles. The fourth-order valence-corrected chi connectivity index (χ4v) is 5.65. The van der Waals surface area contributed by atoms with Gasteiger partial charge in [0.05, 0.1) is 22.0 Å². The third-order valence-electron chi connectivity index (χ3n) is 5.96. The predicted octanol–water partition coefficient (Wildman–Crippen LogP) is 1.17. The molecule has 13 nitrogen and oxygen atoms in total. The summed E-state index contributed by atoms with van der Waals surface area (Å²) in [5, 5.41) is 25.0. The normalized spacial score (nSPS) is 13.2. The van der Waals surface area contributed by atoms with Crippen molar-refractivity contribution in [1.82, 2.24) is 19.2 Å². The highest BCUT2D eigenvalue weighted by molar-refractivity contribution is 7.89. The zero-order valence-electron chi connectivity index (χ0n) is 22.1. The molecule has 0 bridgehead atoms. The average Bonchev–Trinajstić information content (AvgIpc) is 2.90. The number of nitrogens with two attached hydrogens (primary N) is 1. The fourth-order valence-electron chi connectivity index (χ4n) is 4.02. The SMILES string of the molecule is CC(C)CN(C[C@@H](O)[C@H](Cc1ccccc1)NC(=O)Cn1ccc(N)nc1=O)S(=O)(=O)c1ccc([N+](=O)[O-])cc1. The Bertz CT molecular complexity index is 1480. The second-order valence-corrected chi connectivity index (χ2v) is 11.6. The molecule has 1 amide bonds. The molecule has 3 rings (SSSR count). The van der Waals surface area contributed by atoms with E-state index in [-0.39, 0.29) is 48.4 Å². The lowest BCUT2D eigenvalue weighted by molar-refractivity contribution is -0.384. The van der Waals surface area contributed by atoms with E-state index in [0.717, 1.165) is 38.7 Å². The topological polar surface area (TPSA) is 191 Å². The van der Waals surface area contributed by atoms with Gasteiger partial charge in [-0.05, 0) is 36.1 Å². The Balaban J connectivity index is 1.86. The number of amides is 1. The number of carbonyl (C=O) groups is 1. The molecule has 0 aliphatic rings. The number of carbonyl (C=O) groups excluding carboxylic acids is 1. The van der Waals surface area contributed by atoms with Crippen LogP contribution in [0.1, 0.15) is 19.4 Å². The van der Waals surface area contributed by atoms with E-state index in [9.17, 15) is 33.2 Å². The summed E-state index contributed by atoms with van der Waals surface area (Å²) >= 11 is 0. The van der Waals surface area contributed by atoms with Crippen molar-refractivity contribution < 1.29 is 23.2 Å². The molecule has 0 aliphatic carbocycles. The number of aliphatic hydroxyl groups excluding tert-OH is 1. The minimum absolute atomic E-state index is 0.0125. The van der Waals surface area contributed by atoms with Crippen molar-refractivity contribution in [2.24, 2.45) is 5.92 Å². The second-order valence-electron chi connectivity index (χ2n) is 9.66. The van der Waals surface area contributed by atoms with Gasteiger partial charge in [-0.15, -0.1) is 0 Å². The first-order valence-electron chi connectivity index (χ1n) is 12.5. The van der Waals surface area contributed by atoms with Gasteiger partial charge >= 0.3 is 5.69 Å². The van der Waals surface area contributed by atoms with Gasteiger partial charge in [-0.3, -0.25) is 19.5 Å². The number of aliphatic hydroxyl groups is 1. The van der Waals surface area contributed by atoms with Crippen LogP contribution in [0.4, 0.5) is 11.5 Å². The number of nitrogen functional groups attached to an aromatic ring is 1. The summed E-state index contributed by atoms with van der Waals surface area (Å²) in [6.07, 6.45) is 0.154. The van der Waals surface area contributed by atoms with E-state index >= 15 is 0 Å². The molecule has 40 heavy (non-hydrogen) atoms. The molecular formula is C26H32N6O7S. The molecule has 214 valence electrons. The Hall–Kier alpha value is -4.14. The third kappa shape index (κ3) is 8.18. The van der Waals surface area contributed by atoms with Crippen LogP contribution in [-0.4, -0.2) is 63.4 Å². The Kier molecular flexibility index (Phi) is 10.1. The molecule has 0 aliphatic heterocycles. The highest BCUT2D eigenvalue weighted by atomic mass is 32.2. The van der Waals surface area contributed by atoms with Crippen LogP contribution < -0.4 is 16.7 Å². The molecule has 14 heteroatoms. The van der Waals surface area contributed by atoms with Crippen molar-refractivity contribution in [3.63, 3.8) is 0 Å². The van der Waals surface area contributed by atoms with Crippen LogP contribution >= 0.6 is 0 Å². The van der Waals surface area contributed by atoms with Crippen LogP contribution in [0.25, 0.3) is 0 Å². The highest BCUT2D eigenvalue weighted by Gasteiger charge is 2.31. The van der Waals surface area contributed by atoms with E-state index < -0.39 is 38.7 Å². The Morgan fingerprint density at radius 3 is 2.35 bits per heavy atom. The van der Waals surface area contributed by atoms with E-state index in [0.29, 0.717) is 0 Å². The largest absolute Gasteiger partial charge is 0.390 e. The Morgan fingerprint density at radius 1 is 1.12 bits per heavy atom. The van der Waals surface area contributed by atoms with Gasteiger partial charge in [-0.25, -0.2) is 13.2 Å². The summed E-state index contributed by atoms with van der Waals surface area (Å²) in [5.74, 6) is -0.701. The van der Waals surface area contributed by atoms with Crippen molar-refractivity contribution in [2.45, 2.75) is 43.9 Å². The Labute approximate surface area is 231 Å². The minimum atomic E-state index is -4.15. The molecule has 0 unspecified atom stereocenters. The lowest BCUT2D eigenvalue weighted by Gasteiger charge is -2.30. The molecule has 1 heterocycles. The zero-order valence-corrected chi connectivity index (χ0v) is 22.9. The maximum Gasteiger partial charge on any atom is 0.349 e. The smallest absolute Gasteiger partial charge is 0.349 e. The molecule has 4 N–H and O–H groups in total. The van der Waals surface area contributed by atoms with E-state index in [1.165, 1.54) is 12.3 Å². The number of benzene rings is 2. The summed E-state index contributed by atoms with van der Waals surface area (Å²) in [5.41, 5.74) is 5.32. The van der Waals surface area contributed by atoms with Crippen LogP contribution in [0.3, 0.4) is 0 Å². The summed E-state index contributed by atoms with van der Waals surface area (Å²) in [6.45, 7) is 2.92. The van der Waals surface area contributed by atoms with Gasteiger partial charge in [0.15, 0.2) is 0 Å². The molecule has 0 fully saturated rings. The quantitative estimate of drug-likeness (QED) is 0.199. The number of nitrogens with one attached hydrogen (secondary N) is 1. The van der Waals surface area contributed by atoms with Crippen molar-refractivity contribution in [2.75, 3.05) is 18.8 Å². The number of nitro benzene ring substituents is 1. The van der Waals surface area contributed by atoms with E-state index in [4.69, 9.17) is 5.73 Å². The first-order chi connectivity index (χ1) is 18.9. The lowest BCUT2D eigenvalue weighted by atomic mass is 10.0. The first-order valence-corrected chi connectivity index (χ1v) is 13.9. The van der Waals surface area contributed by atoms with Gasteiger partial charge in [-0.1, -0.05) is 44.2 Å². The number of hydrogen-bond donors (Lipinski definition) is 3. The third-order valence-corrected chi connectivity index (χ3v) is 7.81. The summed E-state index contributed by atoms with van der Waals surface area (Å²) in [4.78, 5) is 38.8. The molecule has 1 aromatic heterocycles. The summed E-state index contributed by atoms with van der Waals surface area (Å²) in [6, 6.07) is 14.0. The number of nitro groups is 1. The van der Waals surface area contributed by atoms with Crippen LogP contribution in [0, 0.1) is 16.0 Å². The maximum absolute atomic E-state index is 13.5. The monoisotopic (exact) mass is 572 g/mol. The first kappa shape index (κ1) is 30.4. The van der Waals surface area contributed by atoms with Crippen molar-refractivity contribution in [1.29, 1.82) is 0 Å². The van der Waals surface area contributed by atoms with E-state index in [2.05, 4.69) is 10.3 Å². The minimum Gasteiger partial charge on any atom is -0.390 e. The Morgan fingerprint density at radius 2 is 1.77 bits per heavy atom. The number of sulfonamides is 1. The van der Waals surface area contributed by atoms with Crippen LogP contribution in [0.15, 0.2) is 76.6 Å². The average molecular weight is 573 g/mol. The van der Waals surface area contributed by atoms with Crippen LogP contribution in [0.2, 0.25) is 0 Å². The van der Waals surface area contributed by atoms with Crippen molar-refractivity contribution in [3.05, 3.63) is 93.0 Å². The van der Waals surface area contributed by atoms with E-state index in [1.54, 1.807) is 24.3 Å². The van der Waals surface area contributed by atoms with Gasteiger partial charge in [0.25, 0.3) is 5.69 Å². The molecule has 0 saturated carbocycles. The highest BCUT2D eigenvalue weighted by Crippen LogP contribution is 2.22. The van der Waals surface area contributed by atoms with Gasteiger partial charge in [0, 0.05) is 31.4 Å². The van der Waals surface area contributed by atoms with Crippen LogP contribution in [-0.2, 0) is 27.8 Å². The number of rotatable bonds is 13. The van der Waals surface area contributed by atoms with Gasteiger partial charge in [-0.2, -0.15) is 9.29 Å². The predicted molar refractivity (Wildman–Crippen MR) is 148 cm³/mol. The maximum atomic E-state index is 13.5. The number of aromatic nitrogens is 2. The van der Waals surface area contributed by atoms with E-state index in [1.807, 2.05) is 19.9 Å². The van der Waals surface area contributed by atoms with Gasteiger partial charge in [0.2, 0.25) is 15.9 Å². The second kappa shape index (κ2) is 13.3. The number of hydrogen-bond acceptors (Lipinski definition) is 9. The molecular weight excluding hydrogens is 540 g/mol. The molecule has 0 radical (unpaired) electrons. The zero-order chi connectivity index (χ0) is 29.4. The van der Waals surface area contributed by atoms with Gasteiger partial charge in [0.1, 0.15) is 12.4 Å². The summed E-state index contributed by atoms with van der Waals surface area (Å²) < 4.78 is 29.1. The fraction of sp³-hybridized carbons (Fsp3) is 0.346. The molecule has 3 aromatic rings. The van der Waals surface area contributed by atoms with Crippen LogP contribution in [0.5, 0.6) is 0 Å². The summed E-state index contributed by atoms with van der Waals surface area (Å²) in [7, 11) is -4.15. The number of nitrogens with zero attached hydrogens (tertiary/aromatic N) is 4. The number of non-ortho nitro benzene ring substituents is 1. The number of anilines is 1. The molecule has 0 spiro atoms. The van der Waals surface area contributed by atoms with Crippen molar-refractivity contribution in [3.8, 4) is 0 Å². The van der Waals surface area contributed by atoms with Gasteiger partial charge < -0.3 is 16.2 Å². The lowest BCUT2D eigenvalue weighted by Crippen LogP contribution is -2.52. The standard InChI is InChI=1S/C26H32N6O7S/c1-18(2)15-31(40(38,39)21-10-8-20(9-11-21)32(36)37)16-23(33)22(14-19-6-4-3-5-7-19)28-25(34)17-30-13-12-24(27)29-26(30)35/h3-13,18,22-23,33H,14-17H2,1-2H3,(H,28,34)(H2,27,29,35)/t22-,23+/m0/s1. The molecule has 0 saturated heterocycles. The molecule has 2 atom stereocenters.